The Morgan fingerprint density at radius 1 is 1.50 bits per heavy atom. The molecule has 5 heteroatoms. The first kappa shape index (κ1) is 12.5. The summed E-state index contributed by atoms with van der Waals surface area (Å²) >= 11 is 3.96. The number of phenols is 1. The van der Waals surface area contributed by atoms with Gasteiger partial charge in [0.05, 0.1) is 0 Å². The van der Waals surface area contributed by atoms with Crippen LogP contribution in [0.1, 0.15) is 0 Å². The van der Waals surface area contributed by atoms with Crippen LogP contribution in [0.2, 0.25) is 0 Å². The predicted octanol–water partition coefficient (Wildman–Crippen LogP) is 1.04. The van der Waals surface area contributed by atoms with Gasteiger partial charge in [0.1, 0.15) is 5.75 Å². The van der Waals surface area contributed by atoms with Crippen molar-refractivity contribution in [2.45, 2.75) is 9.79 Å². The third-order valence-electron chi connectivity index (χ3n) is 1.28. The molecule has 1 radical (unpaired) electrons. The molecular formula is C7H8NaO2S2. The fourth-order valence-electron chi connectivity index (χ4n) is 0.682. The third kappa shape index (κ3) is 3.11. The molecule has 0 aliphatic heterocycles. The van der Waals surface area contributed by atoms with E-state index in [1.54, 1.807) is 18.4 Å². The van der Waals surface area contributed by atoms with E-state index in [0.717, 1.165) is 0 Å². The van der Waals surface area contributed by atoms with Gasteiger partial charge in [0, 0.05) is 56.4 Å². The van der Waals surface area contributed by atoms with E-state index in [1.165, 1.54) is 6.07 Å². The number of benzene rings is 1. The monoisotopic (exact) mass is 211 g/mol. The van der Waals surface area contributed by atoms with Crippen molar-refractivity contribution < 1.29 is 9.32 Å². The van der Waals surface area contributed by atoms with Crippen LogP contribution in [-0.2, 0) is 10.8 Å². The molecular weight excluding hydrogens is 203 g/mol. The predicted molar refractivity (Wildman–Crippen MR) is 53.4 cm³/mol. The first-order valence-corrected chi connectivity index (χ1v) is 4.97. The van der Waals surface area contributed by atoms with Gasteiger partial charge in [-0.25, -0.2) is 0 Å². The zero-order chi connectivity index (χ0) is 8.43. The molecule has 1 aromatic rings. The fraction of sp³-hybridized carbons (Fsp3) is 0.143. The van der Waals surface area contributed by atoms with Gasteiger partial charge in [-0.1, -0.05) is 0 Å². The standard InChI is InChI=1S/C7H8O2S2.Na/c1-11(9)5-2-3-7(10)6(8)4-5;/h2-4,8,10H,1H3;. The van der Waals surface area contributed by atoms with Crippen LogP contribution in [0.15, 0.2) is 28.0 Å². The number of thiol groups is 1. The SMILES string of the molecule is CS(=O)c1ccc(S)c(O)c1.[Na]. The normalized spacial score (nSPS) is 11.8. The van der Waals surface area contributed by atoms with Crippen LogP contribution in [0.4, 0.5) is 0 Å². The van der Waals surface area contributed by atoms with Crippen molar-refractivity contribution in [2.24, 2.45) is 0 Å². The van der Waals surface area contributed by atoms with Gasteiger partial charge in [0.2, 0.25) is 0 Å². The minimum Gasteiger partial charge on any atom is -0.507 e. The molecule has 1 N–H and O–H groups in total. The average molecular weight is 211 g/mol. The van der Waals surface area contributed by atoms with Gasteiger partial charge >= 0.3 is 0 Å². The van der Waals surface area contributed by atoms with Crippen LogP contribution in [0.3, 0.4) is 0 Å². The maximum absolute atomic E-state index is 10.9. The van der Waals surface area contributed by atoms with Crippen molar-refractivity contribution in [2.75, 3.05) is 6.26 Å². The van der Waals surface area contributed by atoms with Gasteiger partial charge in [-0.15, -0.1) is 12.6 Å². The summed E-state index contributed by atoms with van der Waals surface area (Å²) in [5.74, 6) is 0.0704. The molecule has 1 atom stereocenters. The Balaban J connectivity index is 0.00000121. The molecule has 1 rings (SSSR count). The average Bonchev–Trinajstić information content (AvgIpc) is 1.94. The zero-order valence-electron chi connectivity index (χ0n) is 6.94. The number of hydrogen-bond donors (Lipinski definition) is 2. The van der Waals surface area contributed by atoms with Crippen molar-refractivity contribution in [1.29, 1.82) is 0 Å². The Bertz CT molecular complexity index is 301. The van der Waals surface area contributed by atoms with Crippen LogP contribution < -0.4 is 0 Å². The Morgan fingerprint density at radius 2 is 2.08 bits per heavy atom. The van der Waals surface area contributed by atoms with E-state index in [-0.39, 0.29) is 35.3 Å². The van der Waals surface area contributed by atoms with Crippen LogP contribution in [0, 0.1) is 0 Å². The van der Waals surface area contributed by atoms with Gasteiger partial charge in [-0.2, -0.15) is 0 Å². The van der Waals surface area contributed by atoms with E-state index in [9.17, 15) is 4.21 Å². The summed E-state index contributed by atoms with van der Waals surface area (Å²) < 4.78 is 10.9. The molecule has 0 amide bonds. The van der Waals surface area contributed by atoms with Crippen molar-refractivity contribution in [3.8, 4) is 5.75 Å². The van der Waals surface area contributed by atoms with Gasteiger partial charge in [-0.3, -0.25) is 4.21 Å². The molecule has 0 aliphatic carbocycles. The third-order valence-corrected chi connectivity index (χ3v) is 2.57. The minimum absolute atomic E-state index is 0. The summed E-state index contributed by atoms with van der Waals surface area (Å²) in [6, 6.07) is 4.76. The molecule has 2 nitrogen and oxygen atoms in total. The second-order valence-corrected chi connectivity index (χ2v) is 3.97. The van der Waals surface area contributed by atoms with Crippen molar-refractivity contribution in [3.05, 3.63) is 18.2 Å². The number of phenolic OH excluding ortho intramolecular Hbond substituents is 1. The van der Waals surface area contributed by atoms with Crippen LogP contribution in [0.5, 0.6) is 5.75 Å². The van der Waals surface area contributed by atoms with E-state index in [2.05, 4.69) is 12.6 Å². The molecule has 0 saturated carbocycles. The van der Waals surface area contributed by atoms with Gasteiger partial charge < -0.3 is 5.11 Å². The first-order chi connectivity index (χ1) is 5.11. The Kier molecular flexibility index (Phi) is 5.52. The van der Waals surface area contributed by atoms with E-state index in [4.69, 9.17) is 5.11 Å². The maximum Gasteiger partial charge on any atom is 0.130 e. The minimum atomic E-state index is -1.04. The zero-order valence-corrected chi connectivity index (χ0v) is 10.7. The molecule has 0 spiro atoms. The Morgan fingerprint density at radius 3 is 2.50 bits per heavy atom. The molecule has 0 aromatic heterocycles. The maximum atomic E-state index is 10.9. The molecule has 61 valence electrons. The second-order valence-electron chi connectivity index (χ2n) is 2.10. The fourth-order valence-corrected chi connectivity index (χ4v) is 1.36. The number of hydrogen-bond acceptors (Lipinski definition) is 3. The van der Waals surface area contributed by atoms with Gasteiger partial charge in [0.15, 0.2) is 0 Å². The molecule has 0 saturated heterocycles. The molecule has 1 unspecified atom stereocenters. The Labute approximate surface area is 102 Å². The molecule has 0 heterocycles. The molecule has 0 bridgehead atoms. The van der Waals surface area contributed by atoms with Crippen LogP contribution in [-0.4, -0.2) is 45.1 Å². The van der Waals surface area contributed by atoms with Gasteiger partial charge in [-0.05, 0) is 18.2 Å². The summed E-state index contributed by atoms with van der Waals surface area (Å²) in [5, 5.41) is 9.14. The summed E-state index contributed by atoms with van der Waals surface area (Å²) in [7, 11) is -1.04. The quantitative estimate of drug-likeness (QED) is 0.538. The van der Waals surface area contributed by atoms with Crippen LogP contribution >= 0.6 is 12.6 Å². The number of rotatable bonds is 1. The van der Waals surface area contributed by atoms with E-state index >= 15 is 0 Å². The molecule has 0 fully saturated rings. The molecule has 0 aliphatic rings. The van der Waals surface area contributed by atoms with E-state index < -0.39 is 10.8 Å². The number of aromatic hydroxyl groups is 1. The van der Waals surface area contributed by atoms with Crippen LogP contribution in [0.25, 0.3) is 0 Å². The summed E-state index contributed by atoms with van der Waals surface area (Å²) in [5.41, 5.74) is 0. The molecule has 1 aromatic carbocycles. The molecule has 12 heavy (non-hydrogen) atoms. The second kappa shape index (κ2) is 5.29. The van der Waals surface area contributed by atoms with Crippen molar-refractivity contribution in [3.63, 3.8) is 0 Å². The topological polar surface area (TPSA) is 37.3 Å². The summed E-state index contributed by atoms with van der Waals surface area (Å²) in [4.78, 5) is 1.11. The Hall–Kier alpha value is 0.520. The van der Waals surface area contributed by atoms with E-state index in [0.29, 0.717) is 9.79 Å². The largest absolute Gasteiger partial charge is 0.507 e. The summed E-state index contributed by atoms with van der Waals surface area (Å²) in [6.45, 7) is 0. The first-order valence-electron chi connectivity index (χ1n) is 2.96. The van der Waals surface area contributed by atoms with Gasteiger partial charge in [0.25, 0.3) is 0 Å². The summed E-state index contributed by atoms with van der Waals surface area (Å²) in [6.07, 6.45) is 1.56. The smallest absolute Gasteiger partial charge is 0.130 e. The van der Waals surface area contributed by atoms with E-state index in [1.807, 2.05) is 0 Å². The van der Waals surface area contributed by atoms with Crippen molar-refractivity contribution >= 4 is 53.0 Å². The van der Waals surface area contributed by atoms with Crippen molar-refractivity contribution in [1.82, 2.24) is 0 Å².